The van der Waals surface area contributed by atoms with Gasteiger partial charge in [-0.2, -0.15) is 4.98 Å². The Hall–Kier alpha value is -1.15. The maximum absolute atomic E-state index is 5.90. The third-order valence-corrected chi connectivity index (χ3v) is 3.14. The smallest absolute Gasteiger partial charge is 0.260 e. The van der Waals surface area contributed by atoms with Gasteiger partial charge >= 0.3 is 0 Å². The number of hydrogen-bond donors (Lipinski definition) is 1. The monoisotopic (exact) mass is 359 g/mol. The van der Waals surface area contributed by atoms with Gasteiger partial charge in [-0.1, -0.05) is 5.16 Å². The first-order valence-electron chi connectivity index (χ1n) is 5.62. The molecule has 6 heteroatoms. The summed E-state index contributed by atoms with van der Waals surface area (Å²) >= 11 is 2.21. The van der Waals surface area contributed by atoms with Crippen molar-refractivity contribution in [1.82, 2.24) is 10.1 Å². The fourth-order valence-electron chi connectivity index (χ4n) is 1.55. The molecule has 0 fully saturated rings. The second kappa shape index (κ2) is 5.66. The Balaban J connectivity index is 2.32. The lowest BCUT2D eigenvalue weighted by molar-refractivity contribution is 0.0683. The lowest BCUT2D eigenvalue weighted by Gasteiger charge is -2.05. The molecule has 18 heavy (non-hydrogen) atoms. The highest BCUT2D eigenvalue weighted by Gasteiger charge is 2.16. The molecule has 96 valence electrons. The Morgan fingerprint density at radius 1 is 1.50 bits per heavy atom. The number of ether oxygens (including phenoxy) is 1. The van der Waals surface area contributed by atoms with Crippen LogP contribution in [0.2, 0.25) is 0 Å². The molecule has 0 radical (unpaired) electrons. The van der Waals surface area contributed by atoms with Gasteiger partial charge in [-0.05, 0) is 54.6 Å². The van der Waals surface area contributed by atoms with Crippen molar-refractivity contribution in [3.63, 3.8) is 0 Å². The molecule has 2 rings (SSSR count). The Morgan fingerprint density at radius 3 is 3.00 bits per heavy atom. The van der Waals surface area contributed by atoms with Crippen molar-refractivity contribution in [2.45, 2.75) is 20.0 Å². The molecule has 2 aromatic rings. The number of nitrogens with two attached hydrogens (primary N) is 1. The van der Waals surface area contributed by atoms with Crippen LogP contribution in [0.1, 0.15) is 25.8 Å². The molecule has 1 unspecified atom stereocenters. The Labute approximate surface area is 119 Å². The number of halogens is 1. The zero-order chi connectivity index (χ0) is 13.1. The van der Waals surface area contributed by atoms with Crippen molar-refractivity contribution in [3.8, 4) is 11.5 Å². The lowest BCUT2D eigenvalue weighted by atomic mass is 10.2. The summed E-state index contributed by atoms with van der Waals surface area (Å²) in [5.41, 5.74) is 7.28. The van der Waals surface area contributed by atoms with E-state index < -0.39 is 0 Å². The van der Waals surface area contributed by atoms with Gasteiger partial charge in [0.25, 0.3) is 5.89 Å². The maximum atomic E-state index is 5.90. The standard InChI is InChI=1S/C12H14IN3O2/c1-3-17-7(2)11-15-12(18-16-11)9-6-8(13)4-5-10(9)14/h4-7H,3,14H2,1-2H3. The molecule has 0 aliphatic carbocycles. The van der Waals surface area contributed by atoms with Crippen molar-refractivity contribution in [1.29, 1.82) is 0 Å². The van der Waals surface area contributed by atoms with Crippen LogP contribution < -0.4 is 5.73 Å². The highest BCUT2D eigenvalue weighted by molar-refractivity contribution is 14.1. The molecule has 1 aromatic carbocycles. The number of nitrogen functional groups attached to an aromatic ring is 1. The van der Waals surface area contributed by atoms with Gasteiger partial charge in [-0.25, -0.2) is 0 Å². The fourth-order valence-corrected chi connectivity index (χ4v) is 2.04. The van der Waals surface area contributed by atoms with Crippen LogP contribution in [0, 0.1) is 3.57 Å². The molecule has 5 nitrogen and oxygen atoms in total. The number of benzene rings is 1. The van der Waals surface area contributed by atoms with Gasteiger partial charge in [-0.15, -0.1) is 0 Å². The zero-order valence-electron chi connectivity index (χ0n) is 10.2. The highest BCUT2D eigenvalue weighted by atomic mass is 127. The van der Waals surface area contributed by atoms with Crippen molar-refractivity contribution < 1.29 is 9.26 Å². The maximum Gasteiger partial charge on any atom is 0.260 e. The lowest BCUT2D eigenvalue weighted by Crippen LogP contribution is -2.01. The second-order valence-corrected chi connectivity index (χ2v) is 5.03. The Morgan fingerprint density at radius 2 is 2.28 bits per heavy atom. The number of anilines is 1. The molecule has 2 N–H and O–H groups in total. The third-order valence-electron chi connectivity index (χ3n) is 2.47. The first kappa shape index (κ1) is 13.3. The number of aromatic nitrogens is 2. The number of rotatable bonds is 4. The molecule has 0 aliphatic heterocycles. The summed E-state index contributed by atoms with van der Waals surface area (Å²) in [5, 5.41) is 3.91. The third kappa shape index (κ3) is 2.81. The van der Waals surface area contributed by atoms with Gasteiger partial charge in [0.1, 0.15) is 6.10 Å². The van der Waals surface area contributed by atoms with Gasteiger partial charge in [0.15, 0.2) is 0 Å². The average molecular weight is 359 g/mol. The van der Waals surface area contributed by atoms with Crippen LogP contribution in [0.4, 0.5) is 5.69 Å². The van der Waals surface area contributed by atoms with Crippen LogP contribution in [0.25, 0.3) is 11.5 Å². The van der Waals surface area contributed by atoms with Gasteiger partial charge in [-0.3, -0.25) is 0 Å². The Bertz CT molecular complexity index is 542. The van der Waals surface area contributed by atoms with Gasteiger partial charge < -0.3 is 15.0 Å². The predicted octanol–water partition coefficient (Wildman–Crippen LogP) is 3.02. The minimum absolute atomic E-state index is 0.184. The normalized spacial score (nSPS) is 12.6. The van der Waals surface area contributed by atoms with Crippen molar-refractivity contribution >= 4 is 28.3 Å². The number of hydrogen-bond acceptors (Lipinski definition) is 5. The summed E-state index contributed by atoms with van der Waals surface area (Å²) < 4.78 is 11.7. The van der Waals surface area contributed by atoms with Crippen LogP contribution in [-0.4, -0.2) is 16.7 Å². The van der Waals surface area contributed by atoms with E-state index in [1.54, 1.807) is 0 Å². The van der Waals surface area contributed by atoms with Crippen LogP contribution in [0.5, 0.6) is 0 Å². The van der Waals surface area contributed by atoms with E-state index in [1.165, 1.54) is 0 Å². The molecule has 0 saturated heterocycles. The van der Waals surface area contributed by atoms with E-state index >= 15 is 0 Å². The number of nitrogens with zero attached hydrogens (tertiary/aromatic N) is 2. The van der Waals surface area contributed by atoms with E-state index in [9.17, 15) is 0 Å². The van der Waals surface area contributed by atoms with Crippen LogP contribution >= 0.6 is 22.6 Å². The molecular formula is C12H14IN3O2. The van der Waals surface area contributed by atoms with E-state index in [-0.39, 0.29) is 6.10 Å². The summed E-state index contributed by atoms with van der Waals surface area (Å²) in [6, 6.07) is 5.67. The molecule has 0 bridgehead atoms. The molecule has 1 atom stereocenters. The molecule has 0 amide bonds. The van der Waals surface area contributed by atoms with Crippen molar-refractivity contribution in [2.24, 2.45) is 0 Å². The average Bonchev–Trinajstić information content (AvgIpc) is 2.82. The summed E-state index contributed by atoms with van der Waals surface area (Å²) in [6.07, 6.45) is -0.184. The molecule has 0 saturated carbocycles. The summed E-state index contributed by atoms with van der Waals surface area (Å²) in [7, 11) is 0. The van der Waals surface area contributed by atoms with Crippen molar-refractivity contribution in [2.75, 3.05) is 12.3 Å². The van der Waals surface area contributed by atoms with Gasteiger partial charge in [0, 0.05) is 15.9 Å². The fraction of sp³-hybridized carbons (Fsp3) is 0.333. The molecular weight excluding hydrogens is 345 g/mol. The van der Waals surface area contributed by atoms with Crippen LogP contribution in [-0.2, 0) is 4.74 Å². The minimum Gasteiger partial charge on any atom is -0.398 e. The zero-order valence-corrected chi connectivity index (χ0v) is 12.3. The second-order valence-electron chi connectivity index (χ2n) is 3.79. The van der Waals surface area contributed by atoms with Gasteiger partial charge in [0.2, 0.25) is 5.82 Å². The summed E-state index contributed by atoms with van der Waals surface area (Å²) in [4.78, 5) is 4.31. The highest BCUT2D eigenvalue weighted by Crippen LogP contribution is 2.27. The predicted molar refractivity (Wildman–Crippen MR) is 76.9 cm³/mol. The topological polar surface area (TPSA) is 74.2 Å². The van der Waals surface area contributed by atoms with Crippen LogP contribution in [0.15, 0.2) is 22.7 Å². The summed E-state index contributed by atoms with van der Waals surface area (Å²) in [5.74, 6) is 0.956. The Kier molecular flexibility index (Phi) is 4.18. The first-order chi connectivity index (χ1) is 8.61. The van der Waals surface area contributed by atoms with E-state index in [1.807, 2.05) is 32.0 Å². The van der Waals surface area contributed by atoms with E-state index in [0.717, 1.165) is 9.13 Å². The molecule has 1 heterocycles. The molecule has 1 aromatic heterocycles. The van der Waals surface area contributed by atoms with E-state index in [4.69, 9.17) is 15.0 Å². The van der Waals surface area contributed by atoms with E-state index in [2.05, 4.69) is 32.7 Å². The minimum atomic E-state index is -0.184. The van der Waals surface area contributed by atoms with Crippen molar-refractivity contribution in [3.05, 3.63) is 27.6 Å². The quantitative estimate of drug-likeness (QED) is 0.671. The molecule has 0 aliphatic rings. The van der Waals surface area contributed by atoms with Crippen LogP contribution in [0.3, 0.4) is 0 Å². The van der Waals surface area contributed by atoms with Gasteiger partial charge in [0.05, 0.1) is 5.56 Å². The largest absolute Gasteiger partial charge is 0.398 e. The van der Waals surface area contributed by atoms with E-state index in [0.29, 0.717) is 24.0 Å². The first-order valence-corrected chi connectivity index (χ1v) is 6.70. The SMILES string of the molecule is CCOC(C)c1noc(-c2cc(I)ccc2N)n1. The molecule has 0 spiro atoms. The summed E-state index contributed by atoms with van der Waals surface area (Å²) in [6.45, 7) is 4.42.